The van der Waals surface area contributed by atoms with Gasteiger partial charge in [0.1, 0.15) is 11.6 Å². The summed E-state index contributed by atoms with van der Waals surface area (Å²) in [5, 5.41) is 2.55. The van der Waals surface area contributed by atoms with E-state index in [1.165, 1.54) is 18.3 Å². The Hall–Kier alpha value is -2.50. The Balaban J connectivity index is 2.10. The number of halogens is 2. The van der Waals surface area contributed by atoms with Gasteiger partial charge in [-0.05, 0) is 19.1 Å². The monoisotopic (exact) mass is 277 g/mol. The molecule has 2 rings (SSSR count). The number of carbonyl (C=O) groups excluding carboxylic acids is 1. The van der Waals surface area contributed by atoms with Gasteiger partial charge >= 0.3 is 0 Å². The lowest BCUT2D eigenvalue weighted by Crippen LogP contribution is -2.24. The molecule has 0 spiro atoms. The number of rotatable bonds is 3. The van der Waals surface area contributed by atoms with E-state index in [4.69, 9.17) is 5.73 Å². The van der Waals surface area contributed by atoms with Crippen molar-refractivity contribution >= 4 is 11.6 Å². The minimum absolute atomic E-state index is 0.0425. The molecular formula is C14H13F2N3O. The SMILES string of the molecule is Cc1ncc(N)cc1C(=O)NCc1ccc(F)cc1F. The third-order valence-electron chi connectivity index (χ3n) is 2.81. The largest absolute Gasteiger partial charge is 0.397 e. The van der Waals surface area contributed by atoms with Crippen LogP contribution < -0.4 is 11.1 Å². The van der Waals surface area contributed by atoms with Crippen LogP contribution in [-0.2, 0) is 6.54 Å². The zero-order valence-electron chi connectivity index (χ0n) is 10.8. The van der Waals surface area contributed by atoms with Crippen LogP contribution in [0.4, 0.5) is 14.5 Å². The molecule has 0 atom stereocenters. The Morgan fingerprint density at radius 2 is 2.10 bits per heavy atom. The minimum atomic E-state index is -0.701. The molecule has 104 valence electrons. The summed E-state index contributed by atoms with van der Waals surface area (Å²) in [7, 11) is 0. The summed E-state index contributed by atoms with van der Waals surface area (Å²) in [6.07, 6.45) is 1.45. The van der Waals surface area contributed by atoms with Gasteiger partial charge in [0.25, 0.3) is 5.91 Å². The van der Waals surface area contributed by atoms with Crippen LogP contribution in [0.1, 0.15) is 21.6 Å². The molecule has 0 radical (unpaired) electrons. The lowest BCUT2D eigenvalue weighted by atomic mass is 10.1. The van der Waals surface area contributed by atoms with Gasteiger partial charge in [0.2, 0.25) is 0 Å². The summed E-state index contributed by atoms with van der Waals surface area (Å²) in [6, 6.07) is 4.70. The standard InChI is InChI=1S/C14H13F2N3O/c1-8-12(5-11(17)7-18-8)14(20)19-6-9-2-3-10(15)4-13(9)16/h2-5,7H,6,17H2,1H3,(H,19,20). The van der Waals surface area contributed by atoms with Crippen LogP contribution in [0.2, 0.25) is 0 Å². The summed E-state index contributed by atoms with van der Waals surface area (Å²) in [5.41, 5.74) is 6.99. The third-order valence-corrected chi connectivity index (χ3v) is 2.81. The van der Waals surface area contributed by atoms with Crippen molar-refractivity contribution < 1.29 is 13.6 Å². The molecule has 2 aromatic rings. The summed E-state index contributed by atoms with van der Waals surface area (Å²) >= 11 is 0. The summed E-state index contributed by atoms with van der Waals surface area (Å²) in [6.45, 7) is 1.63. The number of pyridine rings is 1. The average molecular weight is 277 g/mol. The van der Waals surface area contributed by atoms with Crippen molar-refractivity contribution in [3.8, 4) is 0 Å². The number of hydrogen-bond donors (Lipinski definition) is 2. The Kier molecular flexibility index (Phi) is 3.93. The second-order valence-corrected chi connectivity index (χ2v) is 4.32. The smallest absolute Gasteiger partial charge is 0.253 e. The van der Waals surface area contributed by atoms with Gasteiger partial charge in [-0.15, -0.1) is 0 Å². The highest BCUT2D eigenvalue weighted by Crippen LogP contribution is 2.12. The fraction of sp³-hybridized carbons (Fsp3) is 0.143. The van der Waals surface area contributed by atoms with Crippen LogP contribution in [-0.4, -0.2) is 10.9 Å². The van der Waals surface area contributed by atoms with Crippen LogP contribution in [0.25, 0.3) is 0 Å². The molecule has 1 heterocycles. The number of nitrogens with zero attached hydrogens (tertiary/aromatic N) is 1. The number of hydrogen-bond acceptors (Lipinski definition) is 3. The van der Waals surface area contributed by atoms with Gasteiger partial charge in [0, 0.05) is 18.2 Å². The Morgan fingerprint density at radius 1 is 1.35 bits per heavy atom. The van der Waals surface area contributed by atoms with E-state index in [0.717, 1.165) is 12.1 Å². The Morgan fingerprint density at radius 3 is 2.80 bits per heavy atom. The Labute approximate surface area is 114 Å². The van der Waals surface area contributed by atoms with E-state index >= 15 is 0 Å². The first kappa shape index (κ1) is 13.9. The normalized spacial score (nSPS) is 10.3. The molecular weight excluding hydrogens is 264 g/mol. The molecule has 20 heavy (non-hydrogen) atoms. The molecule has 1 amide bonds. The molecule has 1 aromatic carbocycles. The molecule has 0 fully saturated rings. The molecule has 6 heteroatoms. The molecule has 0 saturated heterocycles. The molecule has 0 aliphatic heterocycles. The van der Waals surface area contributed by atoms with E-state index in [-0.39, 0.29) is 12.1 Å². The maximum atomic E-state index is 13.4. The minimum Gasteiger partial charge on any atom is -0.397 e. The van der Waals surface area contributed by atoms with Crippen molar-refractivity contribution in [2.45, 2.75) is 13.5 Å². The van der Waals surface area contributed by atoms with Gasteiger partial charge in [-0.2, -0.15) is 0 Å². The lowest BCUT2D eigenvalue weighted by molar-refractivity contribution is 0.0949. The number of amides is 1. The second kappa shape index (κ2) is 5.64. The highest BCUT2D eigenvalue weighted by Gasteiger charge is 2.11. The van der Waals surface area contributed by atoms with E-state index < -0.39 is 17.5 Å². The summed E-state index contributed by atoms with van der Waals surface area (Å²) in [4.78, 5) is 15.9. The predicted molar refractivity (Wildman–Crippen MR) is 70.9 cm³/mol. The van der Waals surface area contributed by atoms with E-state index in [9.17, 15) is 13.6 Å². The quantitative estimate of drug-likeness (QED) is 0.903. The van der Waals surface area contributed by atoms with E-state index in [1.807, 2.05) is 0 Å². The number of nitrogens with one attached hydrogen (secondary N) is 1. The van der Waals surface area contributed by atoms with Gasteiger partial charge in [-0.3, -0.25) is 9.78 Å². The van der Waals surface area contributed by atoms with E-state index in [0.29, 0.717) is 16.9 Å². The Bertz CT molecular complexity index is 659. The zero-order valence-corrected chi connectivity index (χ0v) is 10.8. The first-order valence-corrected chi connectivity index (χ1v) is 5.91. The van der Waals surface area contributed by atoms with Gasteiger partial charge in [0.15, 0.2) is 0 Å². The zero-order chi connectivity index (χ0) is 14.7. The third kappa shape index (κ3) is 3.09. The van der Waals surface area contributed by atoms with Gasteiger partial charge < -0.3 is 11.1 Å². The van der Waals surface area contributed by atoms with Gasteiger partial charge in [0.05, 0.1) is 23.1 Å². The lowest BCUT2D eigenvalue weighted by Gasteiger charge is -2.08. The fourth-order valence-corrected chi connectivity index (χ4v) is 1.71. The topological polar surface area (TPSA) is 68.0 Å². The highest BCUT2D eigenvalue weighted by molar-refractivity contribution is 5.95. The fourth-order valence-electron chi connectivity index (χ4n) is 1.71. The van der Waals surface area contributed by atoms with Crippen LogP contribution in [0.15, 0.2) is 30.5 Å². The van der Waals surface area contributed by atoms with Crippen molar-refractivity contribution in [1.82, 2.24) is 10.3 Å². The average Bonchev–Trinajstić information content (AvgIpc) is 2.40. The number of anilines is 1. The van der Waals surface area contributed by atoms with Crippen LogP contribution in [0.5, 0.6) is 0 Å². The maximum absolute atomic E-state index is 13.4. The van der Waals surface area contributed by atoms with Crippen molar-refractivity contribution in [1.29, 1.82) is 0 Å². The van der Waals surface area contributed by atoms with Gasteiger partial charge in [-0.25, -0.2) is 8.78 Å². The number of aryl methyl sites for hydroxylation is 1. The summed E-state index contributed by atoms with van der Waals surface area (Å²) < 4.78 is 26.2. The molecule has 0 aliphatic carbocycles. The summed E-state index contributed by atoms with van der Waals surface area (Å²) in [5.74, 6) is -1.77. The molecule has 1 aromatic heterocycles. The second-order valence-electron chi connectivity index (χ2n) is 4.32. The number of aromatic nitrogens is 1. The molecule has 3 N–H and O–H groups in total. The van der Waals surface area contributed by atoms with Crippen LogP contribution in [0.3, 0.4) is 0 Å². The number of carbonyl (C=O) groups is 1. The van der Waals surface area contributed by atoms with E-state index in [2.05, 4.69) is 10.3 Å². The predicted octanol–water partition coefficient (Wildman–Crippen LogP) is 2.18. The van der Waals surface area contributed by atoms with Gasteiger partial charge in [-0.1, -0.05) is 6.07 Å². The van der Waals surface area contributed by atoms with Crippen LogP contribution in [0, 0.1) is 18.6 Å². The van der Waals surface area contributed by atoms with Crippen molar-refractivity contribution in [2.75, 3.05) is 5.73 Å². The van der Waals surface area contributed by atoms with Crippen LogP contribution >= 0.6 is 0 Å². The van der Waals surface area contributed by atoms with E-state index in [1.54, 1.807) is 6.92 Å². The van der Waals surface area contributed by atoms with Crippen molar-refractivity contribution in [3.63, 3.8) is 0 Å². The number of benzene rings is 1. The molecule has 0 bridgehead atoms. The van der Waals surface area contributed by atoms with Crippen molar-refractivity contribution in [2.24, 2.45) is 0 Å². The maximum Gasteiger partial charge on any atom is 0.253 e. The number of nitrogens with two attached hydrogens (primary N) is 1. The molecule has 0 aliphatic rings. The highest BCUT2D eigenvalue weighted by atomic mass is 19.1. The number of nitrogen functional groups attached to an aromatic ring is 1. The molecule has 0 unspecified atom stereocenters. The molecule has 4 nitrogen and oxygen atoms in total. The first-order chi connectivity index (χ1) is 9.47. The molecule has 0 saturated carbocycles. The first-order valence-electron chi connectivity index (χ1n) is 5.91. The van der Waals surface area contributed by atoms with Crippen molar-refractivity contribution in [3.05, 3.63) is 58.9 Å².